The summed E-state index contributed by atoms with van der Waals surface area (Å²) in [6, 6.07) is 9.57. The molecule has 1 aromatic carbocycles. The minimum absolute atomic E-state index is 0.747. The van der Waals surface area contributed by atoms with Crippen LogP contribution >= 0.6 is 43.2 Å². The van der Waals surface area contributed by atoms with Crippen LogP contribution in [-0.2, 0) is 13.1 Å². The van der Waals surface area contributed by atoms with Gasteiger partial charge in [0.1, 0.15) is 0 Å². The Morgan fingerprint density at radius 3 is 2.71 bits per heavy atom. The number of halogens is 2. The van der Waals surface area contributed by atoms with E-state index in [2.05, 4.69) is 78.8 Å². The molecule has 2 nitrogen and oxygen atoms in total. The van der Waals surface area contributed by atoms with Crippen molar-refractivity contribution in [1.82, 2.24) is 5.32 Å². The average molecular weight is 430 g/mol. The van der Waals surface area contributed by atoms with Crippen LogP contribution in [0.25, 0.3) is 0 Å². The first-order chi connectivity index (χ1) is 10.1. The van der Waals surface area contributed by atoms with Crippen LogP contribution < -0.4 is 10.2 Å². The van der Waals surface area contributed by atoms with E-state index < -0.39 is 0 Å². The first-order valence-corrected chi connectivity index (χ1v) is 9.54. The van der Waals surface area contributed by atoms with Gasteiger partial charge in [-0.25, -0.2) is 0 Å². The molecule has 0 saturated heterocycles. The molecular weight excluding hydrogens is 412 g/mol. The van der Waals surface area contributed by atoms with E-state index in [-0.39, 0.29) is 0 Å². The van der Waals surface area contributed by atoms with Gasteiger partial charge in [-0.3, -0.25) is 0 Å². The van der Waals surface area contributed by atoms with E-state index in [1.54, 1.807) is 11.3 Å². The van der Waals surface area contributed by atoms with Crippen LogP contribution in [0.2, 0.25) is 0 Å². The summed E-state index contributed by atoms with van der Waals surface area (Å²) in [5.41, 5.74) is 3.90. The van der Waals surface area contributed by atoms with E-state index in [1.165, 1.54) is 37.9 Å². The molecule has 1 aliphatic carbocycles. The highest BCUT2D eigenvalue weighted by atomic mass is 79.9. The van der Waals surface area contributed by atoms with E-state index in [1.807, 2.05) is 0 Å². The van der Waals surface area contributed by atoms with E-state index >= 15 is 0 Å². The summed E-state index contributed by atoms with van der Waals surface area (Å²) in [4.78, 5) is 2.28. The van der Waals surface area contributed by atoms with Crippen LogP contribution in [0.4, 0.5) is 5.69 Å². The highest BCUT2D eigenvalue weighted by Gasteiger charge is 2.20. The summed E-state index contributed by atoms with van der Waals surface area (Å²) in [6.45, 7) is 1.88. The highest BCUT2D eigenvalue weighted by molar-refractivity contribution is 9.11. The van der Waals surface area contributed by atoms with Gasteiger partial charge in [-0.2, -0.15) is 0 Å². The fraction of sp³-hybridized carbons (Fsp3) is 0.375. The largest absolute Gasteiger partial charge is 0.370 e. The zero-order chi connectivity index (χ0) is 14.8. The summed E-state index contributed by atoms with van der Waals surface area (Å²) < 4.78 is 2.38. The molecule has 0 bridgehead atoms. The maximum Gasteiger partial charge on any atom is 0.0701 e. The summed E-state index contributed by atoms with van der Waals surface area (Å²) in [5, 5.41) is 5.76. The zero-order valence-corrected chi connectivity index (χ0v) is 15.9. The molecule has 3 rings (SSSR count). The van der Waals surface area contributed by atoms with Gasteiger partial charge in [-0.1, -0.05) is 22.0 Å². The molecule has 0 aliphatic heterocycles. The Morgan fingerprint density at radius 2 is 2.10 bits per heavy atom. The van der Waals surface area contributed by atoms with E-state index in [9.17, 15) is 0 Å². The molecule has 1 fully saturated rings. The second-order valence-corrected chi connectivity index (χ2v) is 8.69. The van der Waals surface area contributed by atoms with E-state index in [4.69, 9.17) is 0 Å². The van der Waals surface area contributed by atoms with Crippen molar-refractivity contribution < 1.29 is 0 Å². The molecule has 1 heterocycles. The van der Waals surface area contributed by atoms with Crippen LogP contribution in [0, 0.1) is 0 Å². The van der Waals surface area contributed by atoms with Gasteiger partial charge in [-0.15, -0.1) is 11.3 Å². The lowest BCUT2D eigenvalue weighted by atomic mass is 10.2. The topological polar surface area (TPSA) is 15.3 Å². The number of hydrogen-bond donors (Lipinski definition) is 1. The SMILES string of the molecule is CN(Cc1csc(Br)c1)c1ccc(CNC2CC2)c(Br)c1. The van der Waals surface area contributed by atoms with Crippen molar-refractivity contribution in [3.8, 4) is 0 Å². The number of hydrogen-bond acceptors (Lipinski definition) is 3. The van der Waals surface area contributed by atoms with Gasteiger partial charge in [0.05, 0.1) is 3.79 Å². The van der Waals surface area contributed by atoms with Gasteiger partial charge in [0.25, 0.3) is 0 Å². The van der Waals surface area contributed by atoms with Crippen molar-refractivity contribution in [2.45, 2.75) is 32.0 Å². The van der Waals surface area contributed by atoms with Gasteiger partial charge < -0.3 is 10.2 Å². The van der Waals surface area contributed by atoms with Crippen molar-refractivity contribution >= 4 is 48.9 Å². The maximum absolute atomic E-state index is 3.70. The number of thiophene rings is 1. The molecule has 0 atom stereocenters. The van der Waals surface area contributed by atoms with Gasteiger partial charge in [-0.05, 0) is 63.5 Å². The number of nitrogens with zero attached hydrogens (tertiary/aromatic N) is 1. The smallest absolute Gasteiger partial charge is 0.0701 e. The van der Waals surface area contributed by atoms with Gasteiger partial charge in [0.2, 0.25) is 0 Å². The molecule has 1 saturated carbocycles. The maximum atomic E-state index is 3.70. The normalized spacial score (nSPS) is 14.4. The fourth-order valence-corrected chi connectivity index (χ4v) is 3.96. The third-order valence-corrected chi connectivity index (χ3v) is 5.97. The van der Waals surface area contributed by atoms with Gasteiger partial charge >= 0.3 is 0 Å². The van der Waals surface area contributed by atoms with Gasteiger partial charge in [0, 0.05) is 36.3 Å². The lowest BCUT2D eigenvalue weighted by Crippen LogP contribution is -2.17. The van der Waals surface area contributed by atoms with Crippen molar-refractivity contribution in [1.29, 1.82) is 0 Å². The zero-order valence-electron chi connectivity index (χ0n) is 11.9. The summed E-state index contributed by atoms with van der Waals surface area (Å²) in [5.74, 6) is 0. The van der Waals surface area contributed by atoms with Crippen LogP contribution in [0.15, 0.2) is 37.9 Å². The van der Waals surface area contributed by atoms with Crippen molar-refractivity contribution in [2.24, 2.45) is 0 Å². The van der Waals surface area contributed by atoms with Crippen LogP contribution in [0.1, 0.15) is 24.0 Å². The molecule has 112 valence electrons. The Balaban J connectivity index is 1.65. The molecular formula is C16H18Br2N2S. The van der Waals surface area contributed by atoms with Crippen LogP contribution in [0.3, 0.4) is 0 Å². The lowest BCUT2D eigenvalue weighted by molar-refractivity contribution is 0.686. The number of nitrogens with one attached hydrogen (secondary N) is 1. The highest BCUT2D eigenvalue weighted by Crippen LogP contribution is 2.27. The third kappa shape index (κ3) is 4.31. The number of rotatable bonds is 6. The standard InChI is InChI=1S/C16H18Br2N2S/c1-20(9-11-6-16(18)21-10-11)14-5-2-12(15(17)7-14)8-19-13-3-4-13/h2,5-7,10,13,19H,3-4,8-9H2,1H3. The Bertz CT molecular complexity index is 622. The second kappa shape index (κ2) is 6.82. The van der Waals surface area contributed by atoms with Crippen molar-refractivity contribution in [3.05, 3.63) is 49.0 Å². The molecule has 1 N–H and O–H groups in total. The minimum atomic E-state index is 0.747. The molecule has 0 radical (unpaired) electrons. The molecule has 0 amide bonds. The first-order valence-electron chi connectivity index (χ1n) is 7.07. The Kier molecular flexibility index (Phi) is 5.04. The Labute approximate surface area is 146 Å². The molecule has 2 aromatic rings. The Morgan fingerprint density at radius 1 is 1.29 bits per heavy atom. The second-order valence-electron chi connectivity index (χ2n) is 5.55. The average Bonchev–Trinajstić information content (AvgIpc) is 3.20. The van der Waals surface area contributed by atoms with E-state index in [0.29, 0.717) is 0 Å². The van der Waals surface area contributed by atoms with Gasteiger partial charge in [0.15, 0.2) is 0 Å². The quantitative estimate of drug-likeness (QED) is 0.681. The first kappa shape index (κ1) is 15.5. The van der Waals surface area contributed by atoms with Crippen LogP contribution in [0.5, 0.6) is 0 Å². The minimum Gasteiger partial charge on any atom is -0.370 e. The summed E-state index contributed by atoms with van der Waals surface area (Å²) in [6.07, 6.45) is 2.66. The van der Waals surface area contributed by atoms with E-state index in [0.717, 1.165) is 19.1 Å². The molecule has 21 heavy (non-hydrogen) atoms. The lowest BCUT2D eigenvalue weighted by Gasteiger charge is -2.20. The van der Waals surface area contributed by atoms with Crippen LogP contribution in [-0.4, -0.2) is 13.1 Å². The summed E-state index contributed by atoms with van der Waals surface area (Å²) >= 11 is 8.96. The molecule has 0 unspecified atom stereocenters. The molecule has 1 aliphatic rings. The number of anilines is 1. The predicted molar refractivity (Wildman–Crippen MR) is 98.1 cm³/mol. The van der Waals surface area contributed by atoms with Crippen molar-refractivity contribution in [2.75, 3.05) is 11.9 Å². The third-order valence-electron chi connectivity index (χ3n) is 3.68. The molecule has 1 aromatic heterocycles. The fourth-order valence-electron chi connectivity index (χ4n) is 2.25. The monoisotopic (exact) mass is 428 g/mol. The Hall–Kier alpha value is -0.360. The molecule has 5 heteroatoms. The predicted octanol–water partition coefficient (Wildman–Crippen LogP) is 5.16. The summed E-state index contributed by atoms with van der Waals surface area (Å²) in [7, 11) is 2.13. The molecule has 0 spiro atoms. The van der Waals surface area contributed by atoms with Crippen molar-refractivity contribution in [3.63, 3.8) is 0 Å². The number of benzene rings is 1.